The maximum atomic E-state index is 10.8. The normalized spacial score (nSPS) is 15.0. The summed E-state index contributed by atoms with van der Waals surface area (Å²) >= 11 is 0. The Kier molecular flexibility index (Phi) is 5.95. The van der Waals surface area contributed by atoms with Crippen molar-refractivity contribution in [2.75, 3.05) is 6.54 Å². The molecule has 1 unspecified atom stereocenters. The van der Waals surface area contributed by atoms with Crippen molar-refractivity contribution in [1.29, 1.82) is 5.26 Å². The predicted octanol–water partition coefficient (Wildman–Crippen LogP) is 0.975. The Balaban J connectivity index is 2.30. The van der Waals surface area contributed by atoms with E-state index in [9.17, 15) is 25.7 Å². The molecule has 1 heterocycles. The molecule has 0 bridgehead atoms. The molecule has 1 fully saturated rings. The number of nitrogens with two attached hydrogens (primary N) is 1. The number of aliphatic hydroxyl groups is 4. The van der Waals surface area contributed by atoms with E-state index in [1.807, 2.05) is 0 Å². The fraction of sp³-hybridized carbons (Fsp3) is 0.450. The molecule has 1 aromatic carbocycles. The quantitative estimate of drug-likeness (QED) is 0.408. The zero-order chi connectivity index (χ0) is 19.6. The first-order chi connectivity index (χ1) is 13.1. The van der Waals surface area contributed by atoms with Crippen LogP contribution < -0.4 is 5.73 Å². The number of nitriles is 1. The summed E-state index contributed by atoms with van der Waals surface area (Å²) in [4.78, 5) is 3.09. The Morgan fingerprint density at radius 3 is 2.37 bits per heavy atom. The van der Waals surface area contributed by atoms with Crippen LogP contribution in [0.2, 0.25) is 0 Å². The van der Waals surface area contributed by atoms with Gasteiger partial charge in [0.25, 0.3) is 0 Å². The molecule has 2 aromatic rings. The van der Waals surface area contributed by atoms with Crippen molar-refractivity contribution in [3.8, 4) is 17.2 Å². The highest BCUT2D eigenvalue weighted by Gasteiger charge is 2.36. The summed E-state index contributed by atoms with van der Waals surface area (Å²) < 4.78 is 0. The van der Waals surface area contributed by atoms with Crippen LogP contribution in [0.25, 0.3) is 11.1 Å². The smallest absolute Gasteiger partial charge is 0.124 e. The standard InChI is InChI=1S/C20H25N3O4/c21-6-5-16-18(19(17(7-22)23-16)20(27)11-1-2-11)13-4-3-12(8-24)14(9-25)15(13)10-26/h3-4,11,20,23-27H,1-2,5-6,8-10,21H2. The Morgan fingerprint density at radius 1 is 1.15 bits per heavy atom. The van der Waals surface area contributed by atoms with Gasteiger partial charge in [-0.15, -0.1) is 0 Å². The van der Waals surface area contributed by atoms with Gasteiger partial charge in [-0.05, 0) is 47.6 Å². The van der Waals surface area contributed by atoms with Gasteiger partial charge in [-0.3, -0.25) is 0 Å². The third-order valence-corrected chi connectivity index (χ3v) is 5.27. The number of aromatic amines is 1. The lowest BCUT2D eigenvalue weighted by Crippen LogP contribution is -2.08. The number of benzene rings is 1. The maximum absolute atomic E-state index is 10.8. The maximum Gasteiger partial charge on any atom is 0.124 e. The second-order valence-electron chi connectivity index (χ2n) is 6.90. The highest BCUT2D eigenvalue weighted by molar-refractivity contribution is 5.77. The molecule has 3 rings (SSSR count). The van der Waals surface area contributed by atoms with E-state index in [0.29, 0.717) is 52.0 Å². The predicted molar refractivity (Wildman–Crippen MR) is 99.2 cm³/mol. The van der Waals surface area contributed by atoms with Gasteiger partial charge in [0.1, 0.15) is 11.8 Å². The molecular weight excluding hydrogens is 346 g/mol. The number of nitrogens with zero attached hydrogens (tertiary/aromatic N) is 1. The van der Waals surface area contributed by atoms with Crippen LogP contribution >= 0.6 is 0 Å². The summed E-state index contributed by atoms with van der Waals surface area (Å²) in [5.41, 5.74) is 10.1. The van der Waals surface area contributed by atoms with Crippen molar-refractivity contribution >= 4 is 0 Å². The Morgan fingerprint density at radius 2 is 1.85 bits per heavy atom. The Labute approximate surface area is 157 Å². The van der Waals surface area contributed by atoms with Crippen LogP contribution in [0.15, 0.2) is 12.1 Å². The van der Waals surface area contributed by atoms with E-state index in [1.165, 1.54) is 0 Å². The van der Waals surface area contributed by atoms with E-state index in [1.54, 1.807) is 12.1 Å². The zero-order valence-electron chi connectivity index (χ0n) is 15.1. The molecule has 0 amide bonds. The average Bonchev–Trinajstić information content (AvgIpc) is 3.48. The van der Waals surface area contributed by atoms with E-state index in [2.05, 4.69) is 11.1 Å². The highest BCUT2D eigenvalue weighted by Crippen LogP contribution is 2.47. The first kappa shape index (κ1) is 19.5. The van der Waals surface area contributed by atoms with Gasteiger partial charge >= 0.3 is 0 Å². The van der Waals surface area contributed by atoms with Gasteiger partial charge in [0.2, 0.25) is 0 Å². The van der Waals surface area contributed by atoms with Crippen molar-refractivity contribution < 1.29 is 20.4 Å². The molecule has 7 heteroatoms. The molecule has 1 saturated carbocycles. The highest BCUT2D eigenvalue weighted by atomic mass is 16.3. The SMILES string of the molecule is N#Cc1[nH]c(CCN)c(-c2ccc(CO)c(CO)c2CO)c1C(O)C1CC1. The molecule has 1 aliphatic rings. The van der Waals surface area contributed by atoms with E-state index in [0.717, 1.165) is 18.5 Å². The van der Waals surface area contributed by atoms with Crippen LogP contribution in [-0.2, 0) is 26.2 Å². The number of aliphatic hydroxyl groups excluding tert-OH is 4. The van der Waals surface area contributed by atoms with Crippen molar-refractivity contribution in [3.05, 3.63) is 45.8 Å². The Hall–Kier alpha value is -2.21. The molecule has 1 aromatic heterocycles. The topological polar surface area (TPSA) is 147 Å². The fourth-order valence-electron chi connectivity index (χ4n) is 3.74. The van der Waals surface area contributed by atoms with E-state index >= 15 is 0 Å². The van der Waals surface area contributed by atoms with Gasteiger partial charge in [0.05, 0.1) is 25.9 Å². The summed E-state index contributed by atoms with van der Waals surface area (Å²) in [7, 11) is 0. The lowest BCUT2D eigenvalue weighted by Gasteiger charge is -2.19. The molecule has 0 aliphatic heterocycles. The minimum Gasteiger partial charge on any atom is -0.392 e. The summed E-state index contributed by atoms with van der Waals surface area (Å²) in [6.45, 7) is -0.574. The van der Waals surface area contributed by atoms with E-state index in [4.69, 9.17) is 5.73 Å². The minimum atomic E-state index is -0.779. The van der Waals surface area contributed by atoms with Gasteiger partial charge in [0, 0.05) is 23.2 Å². The summed E-state index contributed by atoms with van der Waals surface area (Å²) in [6.07, 6.45) is 1.50. The zero-order valence-corrected chi connectivity index (χ0v) is 15.1. The monoisotopic (exact) mass is 371 g/mol. The van der Waals surface area contributed by atoms with Crippen LogP contribution in [0.5, 0.6) is 0 Å². The van der Waals surface area contributed by atoms with Gasteiger partial charge in [-0.25, -0.2) is 0 Å². The number of rotatable bonds is 8. The molecule has 7 nitrogen and oxygen atoms in total. The summed E-state index contributed by atoms with van der Waals surface area (Å²) in [5, 5.41) is 49.7. The summed E-state index contributed by atoms with van der Waals surface area (Å²) in [6, 6.07) is 5.58. The first-order valence-corrected chi connectivity index (χ1v) is 9.10. The molecule has 1 aliphatic carbocycles. The molecule has 7 N–H and O–H groups in total. The average molecular weight is 371 g/mol. The largest absolute Gasteiger partial charge is 0.392 e. The van der Waals surface area contributed by atoms with Gasteiger partial charge in [-0.2, -0.15) is 5.26 Å². The van der Waals surface area contributed by atoms with E-state index in [-0.39, 0.29) is 25.7 Å². The summed E-state index contributed by atoms with van der Waals surface area (Å²) in [5.74, 6) is 0.115. The molecule has 0 radical (unpaired) electrons. The van der Waals surface area contributed by atoms with Crippen LogP contribution in [0.3, 0.4) is 0 Å². The second kappa shape index (κ2) is 8.21. The van der Waals surface area contributed by atoms with Crippen molar-refractivity contribution in [2.24, 2.45) is 11.7 Å². The molecular formula is C20H25N3O4. The van der Waals surface area contributed by atoms with Crippen LogP contribution in [-0.4, -0.2) is 32.0 Å². The van der Waals surface area contributed by atoms with Gasteiger partial charge in [0.15, 0.2) is 0 Å². The molecule has 1 atom stereocenters. The van der Waals surface area contributed by atoms with Crippen LogP contribution in [0.1, 0.15) is 52.6 Å². The molecule has 27 heavy (non-hydrogen) atoms. The number of H-pyrrole nitrogens is 1. The molecule has 144 valence electrons. The van der Waals surface area contributed by atoms with E-state index < -0.39 is 6.10 Å². The Bertz CT molecular complexity index is 865. The number of nitrogens with one attached hydrogen (secondary N) is 1. The lowest BCUT2D eigenvalue weighted by molar-refractivity contribution is 0.154. The number of hydrogen-bond donors (Lipinski definition) is 6. The van der Waals surface area contributed by atoms with Crippen molar-refractivity contribution in [3.63, 3.8) is 0 Å². The van der Waals surface area contributed by atoms with Gasteiger partial charge < -0.3 is 31.1 Å². The molecule has 0 spiro atoms. The third-order valence-electron chi connectivity index (χ3n) is 5.27. The number of hydrogen-bond acceptors (Lipinski definition) is 6. The molecule has 0 saturated heterocycles. The minimum absolute atomic E-state index is 0.115. The first-order valence-electron chi connectivity index (χ1n) is 9.10. The van der Waals surface area contributed by atoms with Crippen molar-refractivity contribution in [2.45, 2.75) is 45.2 Å². The van der Waals surface area contributed by atoms with Crippen LogP contribution in [0.4, 0.5) is 0 Å². The van der Waals surface area contributed by atoms with Crippen molar-refractivity contribution in [1.82, 2.24) is 4.98 Å². The number of aromatic nitrogens is 1. The fourth-order valence-corrected chi connectivity index (χ4v) is 3.74. The second-order valence-corrected chi connectivity index (χ2v) is 6.90. The van der Waals surface area contributed by atoms with Gasteiger partial charge in [-0.1, -0.05) is 12.1 Å². The van der Waals surface area contributed by atoms with Crippen LogP contribution in [0, 0.1) is 17.2 Å². The lowest BCUT2D eigenvalue weighted by atomic mass is 9.87. The third kappa shape index (κ3) is 3.50.